The average Bonchev–Trinajstić information content (AvgIpc) is 1.16. The maximum absolute atomic E-state index is 13.1. The van der Waals surface area contributed by atoms with Gasteiger partial charge in [-0.15, -0.1) is 0 Å². The van der Waals surface area contributed by atoms with E-state index in [0.717, 1.165) is 89.9 Å². The van der Waals surface area contributed by atoms with Crippen molar-refractivity contribution in [2.24, 2.45) is 0 Å². The molecule has 0 heterocycles. The Bertz CT molecular complexity index is 1830. The number of aliphatic hydroxyl groups is 1. The Morgan fingerprint density at radius 3 is 0.615 bits per heavy atom. The van der Waals surface area contributed by atoms with Crippen molar-refractivity contribution < 1.29 is 80.2 Å². The molecule has 96 heavy (non-hydrogen) atoms. The van der Waals surface area contributed by atoms with Crippen molar-refractivity contribution in [2.75, 3.05) is 39.6 Å². The minimum absolute atomic E-state index is 0.108. The van der Waals surface area contributed by atoms with E-state index in [2.05, 4.69) is 27.7 Å². The van der Waals surface area contributed by atoms with E-state index in [1.807, 2.05) is 0 Å². The summed E-state index contributed by atoms with van der Waals surface area (Å²) in [4.78, 5) is 72.8. The van der Waals surface area contributed by atoms with Crippen molar-refractivity contribution in [3.05, 3.63) is 0 Å². The van der Waals surface area contributed by atoms with Gasteiger partial charge in [-0.1, -0.05) is 362 Å². The number of carbonyl (C=O) groups is 4. The van der Waals surface area contributed by atoms with Gasteiger partial charge in [-0.3, -0.25) is 37.3 Å². The van der Waals surface area contributed by atoms with E-state index in [4.69, 9.17) is 37.0 Å². The van der Waals surface area contributed by atoms with Crippen LogP contribution >= 0.6 is 15.6 Å². The van der Waals surface area contributed by atoms with Crippen molar-refractivity contribution in [1.29, 1.82) is 0 Å². The first-order valence-corrected chi connectivity index (χ1v) is 43.3. The molecule has 570 valence electrons. The normalized spacial score (nSPS) is 13.9. The Balaban J connectivity index is 5.22. The fraction of sp³-hybridized carbons (Fsp3) is 0.948. The van der Waals surface area contributed by atoms with E-state index in [0.29, 0.717) is 25.7 Å². The van der Waals surface area contributed by atoms with Gasteiger partial charge in [0.15, 0.2) is 12.2 Å². The second-order valence-corrected chi connectivity index (χ2v) is 30.7. The largest absolute Gasteiger partial charge is 0.472 e. The number of aliphatic hydroxyl groups excluding tert-OH is 1. The number of carbonyl (C=O) groups excluding carboxylic acids is 4. The number of hydrogen-bond acceptors (Lipinski definition) is 15. The second-order valence-electron chi connectivity index (χ2n) is 27.7. The summed E-state index contributed by atoms with van der Waals surface area (Å²) in [6, 6.07) is 0. The van der Waals surface area contributed by atoms with Gasteiger partial charge in [0.25, 0.3) is 0 Å². The average molecular weight is 1410 g/mol. The monoisotopic (exact) mass is 1410 g/mol. The summed E-state index contributed by atoms with van der Waals surface area (Å²) >= 11 is 0. The molecule has 0 bridgehead atoms. The Labute approximate surface area is 588 Å². The van der Waals surface area contributed by atoms with Gasteiger partial charge >= 0.3 is 39.5 Å². The Morgan fingerprint density at radius 2 is 0.417 bits per heavy atom. The molecular formula is C77H150O17P2. The van der Waals surface area contributed by atoms with Crippen LogP contribution in [-0.2, 0) is 65.4 Å². The van der Waals surface area contributed by atoms with Gasteiger partial charge in [0.05, 0.1) is 26.4 Å². The lowest BCUT2D eigenvalue weighted by atomic mass is 10.0. The SMILES string of the molecule is CCCCCCCCCCCCCCCCCCCCCC(=O)O[C@H](COC(=O)CCCCCCCCCCCCCCCCC)COP(=O)(O)OC[C@@H](O)COP(=O)(O)OC[C@@H](COC(=O)CCCCCCCCCCCCC)OC(=O)CCCCCCCCCCCCC. The molecular weight excluding hydrogens is 1260 g/mol. The molecule has 0 aliphatic carbocycles. The van der Waals surface area contributed by atoms with Crippen molar-refractivity contribution >= 4 is 39.5 Å². The molecule has 0 rings (SSSR count). The van der Waals surface area contributed by atoms with Crippen LogP contribution in [0, 0.1) is 0 Å². The topological polar surface area (TPSA) is 237 Å². The number of phosphoric ester groups is 2. The third-order valence-electron chi connectivity index (χ3n) is 18.1. The van der Waals surface area contributed by atoms with E-state index >= 15 is 0 Å². The van der Waals surface area contributed by atoms with Crippen molar-refractivity contribution in [1.82, 2.24) is 0 Å². The number of unbranched alkanes of at least 4 members (excludes halogenated alkanes) is 52. The number of rotatable bonds is 78. The molecule has 2 unspecified atom stereocenters. The minimum Gasteiger partial charge on any atom is -0.462 e. The van der Waals surface area contributed by atoms with Crippen LogP contribution in [0.5, 0.6) is 0 Å². The smallest absolute Gasteiger partial charge is 0.462 e. The fourth-order valence-electron chi connectivity index (χ4n) is 11.9. The highest BCUT2D eigenvalue weighted by Gasteiger charge is 2.30. The predicted molar refractivity (Wildman–Crippen MR) is 391 cm³/mol. The first-order chi connectivity index (χ1) is 46.7. The molecule has 17 nitrogen and oxygen atoms in total. The molecule has 3 N–H and O–H groups in total. The summed E-state index contributed by atoms with van der Waals surface area (Å²) in [7, 11) is -9.91. The summed E-state index contributed by atoms with van der Waals surface area (Å²) < 4.78 is 68.6. The van der Waals surface area contributed by atoms with Gasteiger partial charge in [-0.05, 0) is 25.7 Å². The van der Waals surface area contributed by atoms with Crippen LogP contribution in [0.1, 0.15) is 413 Å². The zero-order valence-corrected chi connectivity index (χ0v) is 64.1. The Morgan fingerprint density at radius 1 is 0.250 bits per heavy atom. The molecule has 0 radical (unpaired) electrons. The van der Waals surface area contributed by atoms with Gasteiger partial charge in [-0.2, -0.15) is 0 Å². The van der Waals surface area contributed by atoms with Gasteiger partial charge < -0.3 is 33.8 Å². The summed E-state index contributed by atoms with van der Waals surface area (Å²) in [5, 5.41) is 10.6. The summed E-state index contributed by atoms with van der Waals surface area (Å²) in [5.41, 5.74) is 0. The molecule has 0 aliphatic heterocycles. The maximum Gasteiger partial charge on any atom is 0.472 e. The first-order valence-electron chi connectivity index (χ1n) is 40.3. The number of ether oxygens (including phenoxy) is 4. The maximum atomic E-state index is 13.1. The zero-order valence-electron chi connectivity index (χ0n) is 62.4. The van der Waals surface area contributed by atoms with Gasteiger partial charge in [0.2, 0.25) is 0 Å². The predicted octanol–water partition coefficient (Wildman–Crippen LogP) is 23.0. The van der Waals surface area contributed by atoms with E-state index in [1.165, 1.54) is 244 Å². The third-order valence-corrected chi connectivity index (χ3v) is 20.0. The zero-order chi connectivity index (χ0) is 70.4. The highest BCUT2D eigenvalue weighted by Crippen LogP contribution is 2.45. The summed E-state index contributed by atoms with van der Waals surface area (Å²) in [6.07, 6.45) is 62.3. The quantitative estimate of drug-likeness (QED) is 0.0222. The van der Waals surface area contributed by atoms with Crippen molar-refractivity contribution in [3.8, 4) is 0 Å². The molecule has 0 fully saturated rings. The van der Waals surface area contributed by atoms with Gasteiger partial charge in [0.1, 0.15) is 19.3 Å². The molecule has 0 saturated heterocycles. The number of hydrogen-bond donors (Lipinski definition) is 3. The van der Waals surface area contributed by atoms with Crippen LogP contribution in [0.25, 0.3) is 0 Å². The van der Waals surface area contributed by atoms with Crippen LogP contribution in [-0.4, -0.2) is 96.7 Å². The molecule has 0 aliphatic rings. The highest BCUT2D eigenvalue weighted by atomic mass is 31.2. The summed E-state index contributed by atoms with van der Waals surface area (Å²) in [5.74, 6) is -2.11. The molecule has 0 aromatic rings. The standard InChI is InChI=1S/C77H150O17P2/c1-5-9-13-17-21-25-29-31-33-34-35-36-38-40-44-48-52-56-60-64-77(82)94-73(68-88-75(80)62-58-54-50-46-43-39-37-32-30-26-22-18-14-10-6-2)70-92-96(85,86)90-66-71(78)65-89-95(83,84)91-69-72(93-76(81)63-59-55-51-47-42-28-24-20-16-12-8-4)67-87-74(79)61-57-53-49-45-41-27-23-19-15-11-7-3/h71-73,78H,5-70H2,1-4H3,(H,83,84)(H,85,86)/t71-,72+,73+/m0/s1. The van der Waals surface area contributed by atoms with Crippen LogP contribution in [0.2, 0.25) is 0 Å². The molecule has 19 heteroatoms. The lowest BCUT2D eigenvalue weighted by Gasteiger charge is -2.21. The van der Waals surface area contributed by atoms with Crippen molar-refractivity contribution in [2.45, 2.75) is 431 Å². The molecule has 0 aromatic heterocycles. The van der Waals surface area contributed by atoms with Crippen LogP contribution in [0.15, 0.2) is 0 Å². The van der Waals surface area contributed by atoms with E-state index in [-0.39, 0.29) is 25.7 Å². The minimum atomic E-state index is -4.96. The van der Waals surface area contributed by atoms with E-state index in [1.54, 1.807) is 0 Å². The summed E-state index contributed by atoms with van der Waals surface area (Å²) in [6.45, 7) is 4.99. The molecule has 0 aromatic carbocycles. The number of esters is 4. The van der Waals surface area contributed by atoms with Crippen LogP contribution in [0.3, 0.4) is 0 Å². The lowest BCUT2D eigenvalue weighted by Crippen LogP contribution is -2.30. The molecule has 0 amide bonds. The second kappa shape index (κ2) is 71.5. The molecule has 5 atom stereocenters. The van der Waals surface area contributed by atoms with Gasteiger partial charge in [-0.25, -0.2) is 9.13 Å². The first kappa shape index (κ1) is 94.1. The fourth-order valence-corrected chi connectivity index (χ4v) is 13.5. The van der Waals surface area contributed by atoms with Gasteiger partial charge in [0, 0.05) is 25.7 Å². The highest BCUT2D eigenvalue weighted by molar-refractivity contribution is 7.47. The van der Waals surface area contributed by atoms with E-state index in [9.17, 15) is 43.2 Å². The van der Waals surface area contributed by atoms with Crippen LogP contribution in [0.4, 0.5) is 0 Å². The lowest BCUT2D eigenvalue weighted by molar-refractivity contribution is -0.161. The third kappa shape index (κ3) is 70.5. The van der Waals surface area contributed by atoms with E-state index < -0.39 is 97.5 Å². The Kier molecular flexibility index (Phi) is 70.0. The number of phosphoric acid groups is 2. The van der Waals surface area contributed by atoms with Crippen molar-refractivity contribution in [3.63, 3.8) is 0 Å². The van der Waals surface area contributed by atoms with Crippen LogP contribution < -0.4 is 0 Å². The molecule has 0 spiro atoms. The Hall–Kier alpha value is -1.94. The molecule has 0 saturated carbocycles.